The van der Waals surface area contributed by atoms with E-state index in [1.54, 1.807) is 0 Å². The van der Waals surface area contributed by atoms with E-state index in [4.69, 9.17) is 4.52 Å². The maximum absolute atomic E-state index is 12.7. The molecule has 0 fully saturated rings. The minimum atomic E-state index is -3.58. The predicted octanol–water partition coefficient (Wildman–Crippen LogP) is 10.2. The molecule has 214 valence electrons. The highest BCUT2D eigenvalue weighted by molar-refractivity contribution is 7.53. The fourth-order valence-electron chi connectivity index (χ4n) is 4.64. The Bertz CT molecular complexity index is 583. The van der Waals surface area contributed by atoms with Crippen LogP contribution in [0.2, 0.25) is 0 Å². The lowest BCUT2D eigenvalue weighted by Crippen LogP contribution is -2.45. The molecule has 0 aliphatic heterocycles. The van der Waals surface area contributed by atoms with Crippen molar-refractivity contribution in [2.75, 3.05) is 27.7 Å². The van der Waals surface area contributed by atoms with E-state index in [1.165, 1.54) is 89.9 Å². The molecular formula is C31H63NO3P+. The molecule has 0 rings (SSSR count). The van der Waals surface area contributed by atoms with Gasteiger partial charge in [0.15, 0.2) is 5.78 Å². The second kappa shape index (κ2) is 23.7. The first kappa shape index (κ1) is 35.6. The Hall–Kier alpha value is -0.410. The molecule has 0 saturated heterocycles. The summed E-state index contributed by atoms with van der Waals surface area (Å²) in [5, 5.41) is 0. The third-order valence-corrected chi connectivity index (χ3v) is 9.17. The van der Waals surface area contributed by atoms with Crippen LogP contribution in [0.25, 0.3) is 0 Å². The number of hydrogen-bond acceptors (Lipinski definition) is 2. The molecule has 0 saturated carbocycles. The molecule has 0 aromatic rings. The Morgan fingerprint density at radius 2 is 1.03 bits per heavy atom. The molecule has 0 aliphatic carbocycles. The predicted molar refractivity (Wildman–Crippen MR) is 160 cm³/mol. The Morgan fingerprint density at radius 3 is 1.42 bits per heavy atom. The summed E-state index contributed by atoms with van der Waals surface area (Å²) < 4.78 is 18.6. The van der Waals surface area contributed by atoms with Gasteiger partial charge in [0.1, 0.15) is 0 Å². The van der Waals surface area contributed by atoms with Crippen molar-refractivity contribution in [3.8, 4) is 0 Å². The van der Waals surface area contributed by atoms with E-state index in [1.807, 2.05) is 21.1 Å². The van der Waals surface area contributed by atoms with Crippen molar-refractivity contribution >= 4 is 7.60 Å². The minimum absolute atomic E-state index is 0.345. The number of allylic oxidation sites excluding steroid dienone is 4. The molecule has 0 bridgehead atoms. The Balaban J connectivity index is 3.51. The highest BCUT2D eigenvalue weighted by Crippen LogP contribution is 2.51. The average molecular weight is 529 g/mol. The van der Waals surface area contributed by atoms with E-state index in [2.05, 4.69) is 38.2 Å². The van der Waals surface area contributed by atoms with Crippen LogP contribution in [0.15, 0.2) is 24.3 Å². The van der Waals surface area contributed by atoms with Gasteiger partial charge < -0.3 is 13.9 Å². The van der Waals surface area contributed by atoms with Crippen LogP contribution < -0.4 is 0 Å². The van der Waals surface area contributed by atoms with Crippen molar-refractivity contribution in [1.29, 1.82) is 0 Å². The summed E-state index contributed by atoms with van der Waals surface area (Å²) in [6, 6.07) is 0. The van der Waals surface area contributed by atoms with Gasteiger partial charge >= 0.3 is 7.60 Å². The number of rotatable bonds is 26. The summed E-state index contributed by atoms with van der Waals surface area (Å²) in [5.74, 6) is -0.345. The van der Waals surface area contributed by atoms with E-state index in [0.717, 1.165) is 32.1 Å². The maximum Gasteiger partial charge on any atom is 0.385 e. The Kier molecular flexibility index (Phi) is 23.4. The first-order chi connectivity index (χ1) is 17.3. The minimum Gasteiger partial charge on any atom is -0.320 e. The quantitative estimate of drug-likeness (QED) is 0.0526. The van der Waals surface area contributed by atoms with Crippen LogP contribution in [0.4, 0.5) is 0 Å². The molecule has 5 heteroatoms. The van der Waals surface area contributed by atoms with Crippen molar-refractivity contribution in [1.82, 2.24) is 0 Å². The third-order valence-electron chi connectivity index (χ3n) is 6.91. The lowest BCUT2D eigenvalue weighted by molar-refractivity contribution is -0.883. The molecule has 0 aromatic carbocycles. The molecule has 36 heavy (non-hydrogen) atoms. The van der Waals surface area contributed by atoms with Crippen LogP contribution in [-0.2, 0) is 9.09 Å². The van der Waals surface area contributed by atoms with Gasteiger partial charge in [0.25, 0.3) is 0 Å². The maximum atomic E-state index is 12.7. The molecule has 0 spiro atoms. The highest BCUT2D eigenvalue weighted by Gasteiger charge is 2.41. The Labute approximate surface area is 226 Å². The third kappa shape index (κ3) is 21.7. The summed E-state index contributed by atoms with van der Waals surface area (Å²) >= 11 is 0. The first-order valence-corrected chi connectivity index (χ1v) is 17.0. The van der Waals surface area contributed by atoms with Crippen molar-refractivity contribution in [3.63, 3.8) is 0 Å². The molecule has 0 heterocycles. The summed E-state index contributed by atoms with van der Waals surface area (Å²) in [4.78, 5) is 10.4. The van der Waals surface area contributed by atoms with E-state index < -0.39 is 7.60 Å². The first-order valence-electron chi connectivity index (χ1n) is 15.3. The van der Waals surface area contributed by atoms with Gasteiger partial charge in [-0.25, -0.2) is 0 Å². The van der Waals surface area contributed by atoms with Gasteiger partial charge in [-0.1, -0.05) is 95.9 Å². The van der Waals surface area contributed by atoms with Crippen LogP contribution in [0, 0.1) is 0 Å². The Morgan fingerprint density at radius 1 is 0.639 bits per heavy atom. The molecular weight excluding hydrogens is 465 g/mol. The van der Waals surface area contributed by atoms with E-state index >= 15 is 0 Å². The molecule has 0 aliphatic rings. The number of hydrogen-bond donors (Lipinski definition) is 1. The van der Waals surface area contributed by atoms with Crippen molar-refractivity contribution in [2.45, 2.75) is 148 Å². The van der Waals surface area contributed by atoms with Gasteiger partial charge in [-0.3, -0.25) is 4.57 Å². The monoisotopic (exact) mass is 528 g/mol. The summed E-state index contributed by atoms with van der Waals surface area (Å²) in [5.41, 5.74) is 0. The molecule has 2 unspecified atom stereocenters. The summed E-state index contributed by atoms with van der Waals surface area (Å²) in [7, 11) is 2.32. The average Bonchev–Trinajstić information content (AvgIpc) is 2.82. The van der Waals surface area contributed by atoms with Crippen LogP contribution in [-0.4, -0.2) is 42.9 Å². The topological polar surface area (TPSA) is 46.5 Å². The van der Waals surface area contributed by atoms with E-state index in [0.29, 0.717) is 17.5 Å². The second-order valence-corrected chi connectivity index (χ2v) is 13.5. The van der Waals surface area contributed by atoms with Gasteiger partial charge in [0, 0.05) is 6.42 Å². The van der Waals surface area contributed by atoms with Crippen LogP contribution in [0.5, 0.6) is 0 Å². The van der Waals surface area contributed by atoms with Crippen LogP contribution >= 0.6 is 7.60 Å². The van der Waals surface area contributed by atoms with Gasteiger partial charge in [0.05, 0.1) is 27.7 Å². The molecule has 1 N–H and O–H groups in total. The smallest absolute Gasteiger partial charge is 0.320 e. The normalized spacial score (nSPS) is 15.2. The lowest BCUT2D eigenvalue weighted by Gasteiger charge is -2.35. The zero-order valence-electron chi connectivity index (χ0n) is 24.9. The van der Waals surface area contributed by atoms with Crippen molar-refractivity contribution in [3.05, 3.63) is 24.3 Å². The zero-order chi connectivity index (χ0) is 27.0. The fraction of sp³-hybridized carbons (Fsp3) is 0.871. The zero-order valence-corrected chi connectivity index (χ0v) is 25.8. The highest BCUT2D eigenvalue weighted by atomic mass is 31.2. The van der Waals surface area contributed by atoms with Gasteiger partial charge in [0.2, 0.25) is 0 Å². The molecule has 4 nitrogen and oxygen atoms in total. The van der Waals surface area contributed by atoms with Crippen LogP contribution in [0.3, 0.4) is 0 Å². The molecule has 0 aromatic heterocycles. The largest absolute Gasteiger partial charge is 0.385 e. The summed E-state index contributed by atoms with van der Waals surface area (Å²) in [6.45, 7) is 4.70. The number of unbranched alkanes of at least 4 members (excludes halogenated alkanes) is 15. The van der Waals surface area contributed by atoms with Gasteiger partial charge in [-0.2, -0.15) is 0 Å². The van der Waals surface area contributed by atoms with Crippen molar-refractivity contribution < 1.29 is 18.5 Å². The number of quaternary nitrogens is 1. The standard InChI is InChI=1S/C31H62NO3P/c1-6-8-9-10-11-12-13-14-15-16-17-18-19-20-21-22-23-24-25-26-27-28-30-35-36(33,34)31(29-7-2)32(3,4)5/h11-12,23-24,31H,6-10,13-22,25-30H2,1-5H3/p+1/b12-11-,24-23-. The SMILES string of the molecule is CCCCC/C=C\CCCCCCCCCC/C=C\CCCCCOP(=O)(O)C(CCC)[N+](C)(C)C. The fourth-order valence-corrected chi connectivity index (χ4v) is 6.66. The lowest BCUT2D eigenvalue weighted by atomic mass is 10.1. The molecule has 0 radical (unpaired) electrons. The van der Waals surface area contributed by atoms with E-state index in [9.17, 15) is 9.46 Å². The molecule has 0 amide bonds. The van der Waals surface area contributed by atoms with Crippen molar-refractivity contribution in [2.24, 2.45) is 0 Å². The van der Waals surface area contributed by atoms with Crippen LogP contribution in [0.1, 0.15) is 142 Å². The summed E-state index contributed by atoms with van der Waals surface area (Å²) in [6.07, 6.45) is 33.9. The van der Waals surface area contributed by atoms with E-state index in [-0.39, 0.29) is 5.78 Å². The molecule has 2 atom stereocenters. The van der Waals surface area contributed by atoms with Gasteiger partial charge in [-0.05, 0) is 64.2 Å². The second-order valence-electron chi connectivity index (χ2n) is 11.5. The van der Waals surface area contributed by atoms with Gasteiger partial charge in [-0.15, -0.1) is 0 Å². The number of nitrogens with zero attached hydrogens (tertiary/aromatic N) is 1.